The molecule has 182 valence electrons. The number of rotatable bonds is 7. The number of H-pyrrole nitrogens is 1. The van der Waals surface area contributed by atoms with Gasteiger partial charge in [0.15, 0.2) is 5.69 Å². The molecular weight excluding hydrogens is 454 g/mol. The van der Waals surface area contributed by atoms with Crippen LogP contribution in [0.2, 0.25) is 0 Å². The normalized spacial score (nSPS) is 21.8. The lowest BCUT2D eigenvalue weighted by Crippen LogP contribution is -2.53. The molecule has 0 aliphatic carbocycles. The molecule has 0 saturated carbocycles. The minimum absolute atomic E-state index is 0.0357. The minimum atomic E-state index is -0.704. The van der Waals surface area contributed by atoms with Gasteiger partial charge >= 0.3 is 5.69 Å². The van der Waals surface area contributed by atoms with E-state index in [0.717, 1.165) is 5.56 Å². The number of anilines is 2. The van der Waals surface area contributed by atoms with Crippen molar-refractivity contribution >= 4 is 35.1 Å². The smallest absolute Gasteiger partial charge is 0.330 e. The van der Waals surface area contributed by atoms with Gasteiger partial charge < -0.3 is 15.5 Å². The molecule has 0 radical (unpaired) electrons. The van der Waals surface area contributed by atoms with Crippen LogP contribution in [0.4, 0.5) is 11.5 Å². The molecule has 4 rings (SSSR count). The fourth-order valence-corrected chi connectivity index (χ4v) is 6.09. The van der Waals surface area contributed by atoms with E-state index in [1.165, 1.54) is 9.47 Å². The van der Waals surface area contributed by atoms with Crippen LogP contribution in [0.15, 0.2) is 39.9 Å². The van der Waals surface area contributed by atoms with Crippen LogP contribution in [0.3, 0.4) is 0 Å². The molecule has 0 spiro atoms. The summed E-state index contributed by atoms with van der Waals surface area (Å²) in [5, 5.41) is 0. The Morgan fingerprint density at radius 3 is 2.65 bits per heavy atom. The van der Waals surface area contributed by atoms with E-state index in [1.54, 1.807) is 16.7 Å². The number of aromatic amines is 1. The lowest BCUT2D eigenvalue weighted by atomic mass is 10.1. The summed E-state index contributed by atoms with van der Waals surface area (Å²) in [6.07, 6.45) is 1.73. The van der Waals surface area contributed by atoms with Crippen LogP contribution in [-0.4, -0.2) is 49.5 Å². The molecule has 1 aromatic heterocycles. The molecule has 2 aliphatic rings. The number of amides is 2. The molecular formula is C24H31N5O4S. The van der Waals surface area contributed by atoms with E-state index in [0.29, 0.717) is 25.0 Å². The number of nitrogens with two attached hydrogens (primary N) is 1. The highest BCUT2D eigenvalue weighted by Gasteiger charge is 2.54. The third-order valence-electron chi connectivity index (χ3n) is 6.59. The van der Waals surface area contributed by atoms with Gasteiger partial charge in [-0.3, -0.25) is 23.9 Å². The quantitative estimate of drug-likeness (QED) is 0.619. The first-order chi connectivity index (χ1) is 16.1. The molecule has 10 heteroatoms. The average molecular weight is 486 g/mol. The van der Waals surface area contributed by atoms with Gasteiger partial charge in [0.1, 0.15) is 11.9 Å². The van der Waals surface area contributed by atoms with Gasteiger partial charge in [-0.2, -0.15) is 0 Å². The summed E-state index contributed by atoms with van der Waals surface area (Å²) in [7, 11) is 0. The number of hydrogen-bond acceptors (Lipinski definition) is 6. The number of carbonyl (C=O) groups excluding carboxylic acids is 2. The molecule has 2 fully saturated rings. The lowest BCUT2D eigenvalue weighted by molar-refractivity contribution is -0.136. The maximum atomic E-state index is 13.9. The molecule has 2 saturated heterocycles. The number of thioether (sulfide) groups is 1. The van der Waals surface area contributed by atoms with Crippen molar-refractivity contribution in [2.24, 2.45) is 5.92 Å². The van der Waals surface area contributed by atoms with E-state index in [4.69, 9.17) is 5.73 Å². The van der Waals surface area contributed by atoms with Crippen LogP contribution >= 0.6 is 11.8 Å². The number of carbonyl (C=O) groups is 2. The summed E-state index contributed by atoms with van der Waals surface area (Å²) < 4.78 is 1.27. The number of hydrogen-bond donors (Lipinski definition) is 2. The Bertz CT molecular complexity index is 1210. The van der Waals surface area contributed by atoms with Crippen molar-refractivity contribution < 1.29 is 9.59 Å². The standard InChI is InChI=1S/C24H31N5O4S/c1-15(2)10-12-27(22(32)17-14-34-24(3)11-9-18(30)29(17)24)19-20(25)28(23(33)26-21(19)31)13-16-7-5-4-6-8-16/h4-8,15,17H,9-14,25H2,1-3H3,(H,26,31,33)/t17-,24-/m1/s1. The largest absolute Gasteiger partial charge is 0.383 e. The molecule has 0 bridgehead atoms. The van der Waals surface area contributed by atoms with Crippen molar-refractivity contribution in [3.63, 3.8) is 0 Å². The van der Waals surface area contributed by atoms with Crippen molar-refractivity contribution in [1.82, 2.24) is 14.5 Å². The molecule has 34 heavy (non-hydrogen) atoms. The van der Waals surface area contributed by atoms with Gasteiger partial charge in [-0.1, -0.05) is 44.2 Å². The molecule has 2 atom stereocenters. The zero-order chi connectivity index (χ0) is 24.6. The SMILES string of the molecule is CC(C)CCN(C(=O)[C@H]1CS[C@]2(C)CCC(=O)N12)c1c(N)n(Cc2ccccc2)c(=O)[nH]c1=O. The van der Waals surface area contributed by atoms with Crippen molar-refractivity contribution in [2.75, 3.05) is 22.9 Å². The predicted molar refractivity (Wildman–Crippen MR) is 134 cm³/mol. The summed E-state index contributed by atoms with van der Waals surface area (Å²) in [6, 6.07) is 8.60. The molecule has 3 N–H and O–H groups in total. The van der Waals surface area contributed by atoms with Crippen molar-refractivity contribution in [1.29, 1.82) is 0 Å². The van der Waals surface area contributed by atoms with Crippen molar-refractivity contribution in [3.05, 3.63) is 56.7 Å². The lowest BCUT2D eigenvalue weighted by Gasteiger charge is -2.33. The Labute approximate surface area is 202 Å². The van der Waals surface area contributed by atoms with Crippen LogP contribution in [0.5, 0.6) is 0 Å². The first-order valence-electron chi connectivity index (χ1n) is 11.6. The average Bonchev–Trinajstić information content (AvgIpc) is 3.29. The second kappa shape index (κ2) is 9.32. The summed E-state index contributed by atoms with van der Waals surface area (Å²) in [5.41, 5.74) is 5.86. The van der Waals surface area contributed by atoms with Crippen molar-refractivity contribution in [2.45, 2.75) is 57.5 Å². The number of nitrogens with zero attached hydrogens (tertiary/aromatic N) is 3. The maximum absolute atomic E-state index is 13.9. The first-order valence-corrected chi connectivity index (χ1v) is 12.5. The van der Waals surface area contributed by atoms with Gasteiger partial charge in [0.2, 0.25) is 5.91 Å². The zero-order valence-corrected chi connectivity index (χ0v) is 20.6. The van der Waals surface area contributed by atoms with E-state index >= 15 is 0 Å². The van der Waals surface area contributed by atoms with Crippen LogP contribution in [0.1, 0.15) is 45.6 Å². The molecule has 2 amide bonds. The van der Waals surface area contributed by atoms with E-state index in [1.807, 2.05) is 51.1 Å². The molecule has 1 aromatic carbocycles. The minimum Gasteiger partial charge on any atom is -0.383 e. The second-order valence-corrected chi connectivity index (χ2v) is 11.0. The van der Waals surface area contributed by atoms with Gasteiger partial charge in [0, 0.05) is 18.7 Å². The third kappa shape index (κ3) is 4.38. The molecule has 3 heterocycles. The van der Waals surface area contributed by atoms with Crippen LogP contribution in [-0.2, 0) is 16.1 Å². The van der Waals surface area contributed by atoms with Gasteiger partial charge in [-0.05, 0) is 31.2 Å². The Kier molecular flexibility index (Phi) is 6.62. The Hall–Kier alpha value is -3.01. The van der Waals surface area contributed by atoms with E-state index in [9.17, 15) is 19.2 Å². The number of fused-ring (bicyclic) bond motifs is 1. The summed E-state index contributed by atoms with van der Waals surface area (Å²) in [5.74, 6) is 0.277. The summed E-state index contributed by atoms with van der Waals surface area (Å²) >= 11 is 1.59. The van der Waals surface area contributed by atoms with Gasteiger partial charge in [0.25, 0.3) is 11.5 Å². The maximum Gasteiger partial charge on any atom is 0.330 e. The number of nitrogens with one attached hydrogen (secondary N) is 1. The molecule has 2 aliphatic heterocycles. The highest BCUT2D eigenvalue weighted by atomic mass is 32.2. The zero-order valence-electron chi connectivity index (χ0n) is 19.7. The Balaban J connectivity index is 1.76. The van der Waals surface area contributed by atoms with Gasteiger partial charge in [-0.25, -0.2) is 4.79 Å². The fourth-order valence-electron chi connectivity index (χ4n) is 4.66. The highest BCUT2D eigenvalue weighted by Crippen LogP contribution is 2.47. The summed E-state index contributed by atoms with van der Waals surface area (Å²) in [6.45, 7) is 6.45. The summed E-state index contributed by atoms with van der Waals surface area (Å²) in [4.78, 5) is 57.1. The highest BCUT2D eigenvalue weighted by molar-refractivity contribution is 8.01. The molecule has 2 aromatic rings. The number of aromatic nitrogens is 2. The van der Waals surface area contributed by atoms with Crippen molar-refractivity contribution in [3.8, 4) is 0 Å². The fraction of sp³-hybridized carbons (Fsp3) is 0.500. The molecule has 0 unspecified atom stereocenters. The van der Waals surface area contributed by atoms with Crippen LogP contribution in [0, 0.1) is 5.92 Å². The van der Waals surface area contributed by atoms with E-state index in [2.05, 4.69) is 4.98 Å². The topological polar surface area (TPSA) is 121 Å². The van der Waals surface area contributed by atoms with E-state index in [-0.39, 0.29) is 42.3 Å². The van der Waals surface area contributed by atoms with Crippen LogP contribution < -0.4 is 21.9 Å². The second-order valence-electron chi connectivity index (χ2n) is 9.50. The Morgan fingerprint density at radius 1 is 1.26 bits per heavy atom. The number of benzene rings is 1. The van der Waals surface area contributed by atoms with Gasteiger partial charge in [-0.15, -0.1) is 11.8 Å². The predicted octanol–water partition coefficient (Wildman–Crippen LogP) is 2.00. The number of nitrogen functional groups attached to an aromatic ring is 1. The third-order valence-corrected chi connectivity index (χ3v) is 8.10. The van der Waals surface area contributed by atoms with Gasteiger partial charge in [0.05, 0.1) is 11.4 Å². The van der Waals surface area contributed by atoms with Crippen LogP contribution in [0.25, 0.3) is 0 Å². The monoisotopic (exact) mass is 485 g/mol. The molecule has 9 nitrogen and oxygen atoms in total. The first kappa shape index (κ1) is 24.1. The Morgan fingerprint density at radius 2 is 1.97 bits per heavy atom. The van der Waals surface area contributed by atoms with E-state index < -0.39 is 22.2 Å².